The van der Waals surface area contributed by atoms with Gasteiger partial charge in [0.15, 0.2) is 11.5 Å². The van der Waals surface area contributed by atoms with E-state index in [-0.39, 0.29) is 24.4 Å². The van der Waals surface area contributed by atoms with Crippen molar-refractivity contribution in [3.8, 4) is 11.5 Å². The van der Waals surface area contributed by atoms with Gasteiger partial charge in [-0.3, -0.25) is 4.79 Å². The molecule has 3 heterocycles. The van der Waals surface area contributed by atoms with E-state index in [1.165, 1.54) is 12.8 Å². The van der Waals surface area contributed by atoms with Crippen LogP contribution >= 0.6 is 0 Å². The van der Waals surface area contributed by atoms with Crippen LogP contribution in [-0.4, -0.2) is 55.6 Å². The van der Waals surface area contributed by atoms with Crippen LogP contribution in [0.1, 0.15) is 42.5 Å². The van der Waals surface area contributed by atoms with Crippen molar-refractivity contribution < 1.29 is 23.7 Å². The highest BCUT2D eigenvalue weighted by Gasteiger charge is 2.45. The number of likely N-dealkylation sites (tertiary alicyclic amines) is 1. The largest absolute Gasteiger partial charge is 0.454 e. The Morgan fingerprint density at radius 3 is 3.04 bits per heavy atom. The van der Waals surface area contributed by atoms with Crippen LogP contribution in [0.15, 0.2) is 18.2 Å². The molecule has 0 aromatic heterocycles. The molecule has 1 aromatic carbocycles. The molecule has 3 aliphatic heterocycles. The van der Waals surface area contributed by atoms with Gasteiger partial charge in [0.25, 0.3) is 5.91 Å². The molecule has 2 atom stereocenters. The number of fused-ring (bicyclic) bond motifs is 1. The lowest BCUT2D eigenvalue weighted by atomic mass is 9.89. The number of piperidine rings is 1. The highest BCUT2D eigenvalue weighted by molar-refractivity contribution is 5.95. The van der Waals surface area contributed by atoms with Crippen molar-refractivity contribution in [1.82, 2.24) is 4.90 Å². The van der Waals surface area contributed by atoms with Crippen molar-refractivity contribution in [2.75, 3.05) is 33.1 Å². The molecule has 4 aliphatic rings. The summed E-state index contributed by atoms with van der Waals surface area (Å²) in [7, 11) is 0. The number of carbonyl (C=O) groups excluding carboxylic acids is 1. The Morgan fingerprint density at radius 2 is 2.15 bits per heavy atom. The minimum atomic E-state index is -0.238. The molecule has 2 saturated heterocycles. The van der Waals surface area contributed by atoms with Crippen LogP contribution in [0.5, 0.6) is 11.5 Å². The van der Waals surface area contributed by atoms with E-state index >= 15 is 0 Å². The molecule has 26 heavy (non-hydrogen) atoms. The molecule has 1 aliphatic carbocycles. The molecule has 5 rings (SSSR count). The number of amides is 1. The first-order chi connectivity index (χ1) is 12.7. The summed E-state index contributed by atoms with van der Waals surface area (Å²) < 4.78 is 22.9. The van der Waals surface area contributed by atoms with Gasteiger partial charge >= 0.3 is 0 Å². The van der Waals surface area contributed by atoms with Crippen molar-refractivity contribution in [3.05, 3.63) is 23.8 Å². The Hall–Kier alpha value is -1.79. The summed E-state index contributed by atoms with van der Waals surface area (Å²) in [6.45, 7) is 3.15. The third kappa shape index (κ3) is 3.16. The number of carbonyl (C=O) groups is 1. The van der Waals surface area contributed by atoms with Crippen molar-refractivity contribution in [1.29, 1.82) is 0 Å². The summed E-state index contributed by atoms with van der Waals surface area (Å²) in [5.41, 5.74) is 0.407. The second-order valence-electron chi connectivity index (χ2n) is 8.00. The van der Waals surface area contributed by atoms with Crippen molar-refractivity contribution in [2.24, 2.45) is 5.92 Å². The van der Waals surface area contributed by atoms with Crippen LogP contribution in [0.2, 0.25) is 0 Å². The predicted octanol–water partition coefficient (Wildman–Crippen LogP) is 2.61. The summed E-state index contributed by atoms with van der Waals surface area (Å²) in [6.07, 6.45) is 5.64. The van der Waals surface area contributed by atoms with Gasteiger partial charge in [0.05, 0.1) is 24.9 Å². The lowest BCUT2D eigenvalue weighted by Crippen LogP contribution is -2.50. The van der Waals surface area contributed by atoms with Gasteiger partial charge < -0.3 is 23.8 Å². The first-order valence-electron chi connectivity index (χ1n) is 9.65. The van der Waals surface area contributed by atoms with E-state index < -0.39 is 0 Å². The van der Waals surface area contributed by atoms with Gasteiger partial charge in [-0.15, -0.1) is 0 Å². The zero-order valence-corrected chi connectivity index (χ0v) is 14.9. The molecular weight excluding hydrogens is 334 g/mol. The van der Waals surface area contributed by atoms with Gasteiger partial charge in [-0.25, -0.2) is 0 Å². The third-order valence-electron chi connectivity index (χ3n) is 5.89. The average molecular weight is 359 g/mol. The van der Waals surface area contributed by atoms with Crippen LogP contribution in [0.4, 0.5) is 0 Å². The standard InChI is InChI=1S/C20H25NO5/c22-19(15-4-5-17-18(8-15)25-13-24-17)21-7-1-6-20(12-21)9-16(11-26-20)23-10-14-2-3-14/h4-5,8,14,16H,1-3,6-7,9-13H2/t16-,20+/m1/s1. The average Bonchev–Trinajstić information content (AvgIpc) is 3.24. The van der Waals surface area contributed by atoms with Crippen LogP contribution in [-0.2, 0) is 9.47 Å². The van der Waals surface area contributed by atoms with Crippen LogP contribution in [0.3, 0.4) is 0 Å². The molecule has 1 amide bonds. The molecule has 0 N–H and O–H groups in total. The minimum Gasteiger partial charge on any atom is -0.454 e. The van der Waals surface area contributed by atoms with Crippen LogP contribution in [0.25, 0.3) is 0 Å². The zero-order valence-electron chi connectivity index (χ0n) is 14.9. The SMILES string of the molecule is O=C(c1ccc2c(c1)OCO2)N1CCC[C@]2(C[C@@H](OCC3CC3)CO2)C1. The second-order valence-corrected chi connectivity index (χ2v) is 8.00. The van der Waals surface area contributed by atoms with Gasteiger partial charge in [0.1, 0.15) is 0 Å². The van der Waals surface area contributed by atoms with Crippen LogP contribution < -0.4 is 9.47 Å². The second kappa shape index (κ2) is 6.43. The molecular formula is C20H25NO5. The number of nitrogens with zero attached hydrogens (tertiary/aromatic N) is 1. The smallest absolute Gasteiger partial charge is 0.254 e. The molecule has 0 radical (unpaired) electrons. The number of ether oxygens (including phenoxy) is 4. The molecule has 1 saturated carbocycles. The van der Waals surface area contributed by atoms with Gasteiger partial charge in [0.2, 0.25) is 6.79 Å². The quantitative estimate of drug-likeness (QED) is 0.827. The van der Waals surface area contributed by atoms with E-state index in [4.69, 9.17) is 18.9 Å². The number of rotatable bonds is 4. The molecule has 1 spiro atoms. The Bertz CT molecular complexity index is 703. The van der Waals surface area contributed by atoms with Gasteiger partial charge in [-0.05, 0) is 49.8 Å². The molecule has 6 nitrogen and oxygen atoms in total. The highest BCUT2D eigenvalue weighted by Crippen LogP contribution is 2.38. The van der Waals surface area contributed by atoms with E-state index in [1.807, 2.05) is 17.0 Å². The Balaban J connectivity index is 1.24. The monoisotopic (exact) mass is 359 g/mol. The molecule has 0 bridgehead atoms. The Labute approximate surface area is 153 Å². The maximum atomic E-state index is 13.0. The predicted molar refractivity (Wildman–Crippen MR) is 93.5 cm³/mol. The van der Waals surface area contributed by atoms with Crippen LogP contribution in [0, 0.1) is 5.92 Å². The van der Waals surface area contributed by atoms with Crippen molar-refractivity contribution >= 4 is 5.91 Å². The summed E-state index contributed by atoms with van der Waals surface area (Å²) in [6, 6.07) is 5.40. The highest BCUT2D eigenvalue weighted by atomic mass is 16.7. The summed E-state index contributed by atoms with van der Waals surface area (Å²) in [5, 5.41) is 0. The fraction of sp³-hybridized carbons (Fsp3) is 0.650. The van der Waals surface area contributed by atoms with Gasteiger partial charge in [0, 0.05) is 25.1 Å². The van der Waals surface area contributed by atoms with E-state index in [2.05, 4.69) is 0 Å². The molecule has 3 fully saturated rings. The zero-order chi connectivity index (χ0) is 17.6. The van der Waals surface area contributed by atoms with Gasteiger partial charge in [-0.2, -0.15) is 0 Å². The number of hydrogen-bond donors (Lipinski definition) is 0. The van der Waals surface area contributed by atoms with E-state index in [1.54, 1.807) is 6.07 Å². The maximum absolute atomic E-state index is 13.0. The molecule has 0 unspecified atom stereocenters. The van der Waals surface area contributed by atoms with E-state index in [0.717, 1.165) is 38.3 Å². The van der Waals surface area contributed by atoms with Crippen molar-refractivity contribution in [3.63, 3.8) is 0 Å². The fourth-order valence-electron chi connectivity index (χ4n) is 4.23. The maximum Gasteiger partial charge on any atom is 0.254 e. The first-order valence-corrected chi connectivity index (χ1v) is 9.65. The third-order valence-corrected chi connectivity index (χ3v) is 5.89. The summed E-state index contributed by atoms with van der Waals surface area (Å²) in [4.78, 5) is 14.9. The number of benzene rings is 1. The first kappa shape index (κ1) is 16.4. The minimum absolute atomic E-state index is 0.0355. The number of hydrogen-bond acceptors (Lipinski definition) is 5. The lowest BCUT2D eigenvalue weighted by molar-refractivity contribution is -0.0465. The molecule has 140 valence electrons. The topological polar surface area (TPSA) is 57.2 Å². The summed E-state index contributed by atoms with van der Waals surface area (Å²) >= 11 is 0. The summed E-state index contributed by atoms with van der Waals surface area (Å²) in [5.74, 6) is 2.15. The lowest BCUT2D eigenvalue weighted by Gasteiger charge is -2.39. The normalized spacial score (nSPS) is 30.2. The van der Waals surface area contributed by atoms with E-state index in [0.29, 0.717) is 30.2 Å². The van der Waals surface area contributed by atoms with Crippen molar-refractivity contribution in [2.45, 2.75) is 43.8 Å². The molecule has 6 heteroatoms. The Morgan fingerprint density at radius 1 is 1.27 bits per heavy atom. The fourth-order valence-corrected chi connectivity index (χ4v) is 4.23. The van der Waals surface area contributed by atoms with E-state index in [9.17, 15) is 4.79 Å². The molecule has 1 aromatic rings. The van der Waals surface area contributed by atoms with Gasteiger partial charge in [-0.1, -0.05) is 0 Å². The Kier molecular flexibility index (Phi) is 4.05.